The second-order valence-corrected chi connectivity index (χ2v) is 3.56. The van der Waals surface area contributed by atoms with Gasteiger partial charge in [-0.3, -0.25) is 0 Å². The average Bonchev–Trinajstić information content (AvgIpc) is 2.07. The molecular formula is C9H22O3. The molecule has 3 nitrogen and oxygen atoms in total. The third-order valence-corrected chi connectivity index (χ3v) is 1.37. The van der Waals surface area contributed by atoms with Crippen LogP contribution in [0.3, 0.4) is 0 Å². The summed E-state index contributed by atoms with van der Waals surface area (Å²) in [6.07, 6.45) is 2.04. The van der Waals surface area contributed by atoms with Crippen molar-refractivity contribution in [2.24, 2.45) is 5.41 Å². The average molecular weight is 178 g/mol. The van der Waals surface area contributed by atoms with Crippen LogP contribution in [0.2, 0.25) is 0 Å². The van der Waals surface area contributed by atoms with Crippen molar-refractivity contribution < 1.29 is 15.3 Å². The van der Waals surface area contributed by atoms with E-state index in [0.29, 0.717) is 6.61 Å². The molecule has 0 atom stereocenters. The van der Waals surface area contributed by atoms with Crippen LogP contribution in [0.25, 0.3) is 0 Å². The first-order valence-corrected chi connectivity index (χ1v) is 4.36. The Balaban J connectivity index is 0. The normalized spacial score (nSPS) is 10.5. The Hall–Kier alpha value is -0.120. The lowest BCUT2D eigenvalue weighted by atomic mass is 9.97. The molecule has 3 heteroatoms. The summed E-state index contributed by atoms with van der Waals surface area (Å²) in [6.45, 7) is 6.08. The van der Waals surface area contributed by atoms with E-state index in [1.54, 1.807) is 13.8 Å². The van der Waals surface area contributed by atoms with E-state index in [1.165, 1.54) is 0 Å². The smallest absolute Gasteiger partial charge is 0.0504 e. The molecule has 0 aromatic rings. The van der Waals surface area contributed by atoms with Gasteiger partial charge in [-0.2, -0.15) is 0 Å². The molecule has 76 valence electrons. The quantitative estimate of drug-likeness (QED) is 0.596. The summed E-state index contributed by atoms with van der Waals surface area (Å²) in [6, 6.07) is 0. The third-order valence-electron chi connectivity index (χ3n) is 1.37. The molecule has 0 rings (SSSR count). The van der Waals surface area contributed by atoms with Crippen molar-refractivity contribution in [2.45, 2.75) is 33.6 Å². The summed E-state index contributed by atoms with van der Waals surface area (Å²) in [7, 11) is 0. The molecule has 0 fully saturated rings. The van der Waals surface area contributed by atoms with E-state index in [2.05, 4.69) is 6.92 Å². The Morgan fingerprint density at radius 3 is 1.42 bits per heavy atom. The van der Waals surface area contributed by atoms with E-state index in [4.69, 9.17) is 15.3 Å². The van der Waals surface area contributed by atoms with Crippen molar-refractivity contribution in [3.8, 4) is 0 Å². The van der Waals surface area contributed by atoms with E-state index in [-0.39, 0.29) is 18.6 Å². The van der Waals surface area contributed by atoms with E-state index in [9.17, 15) is 0 Å². The fourth-order valence-electron chi connectivity index (χ4n) is 0.208. The predicted octanol–water partition coefficient (Wildman–Crippen LogP) is 0.776. The molecule has 0 amide bonds. The zero-order valence-electron chi connectivity index (χ0n) is 8.38. The number of hydrogen-bond donors (Lipinski definition) is 3. The lowest BCUT2D eigenvalue weighted by molar-refractivity contribution is 0.0857. The van der Waals surface area contributed by atoms with Gasteiger partial charge in [0.25, 0.3) is 0 Å². The number of aliphatic hydroxyl groups is 3. The Labute approximate surface area is 75.0 Å². The molecule has 0 saturated carbocycles. The number of rotatable bonds is 4. The highest BCUT2D eigenvalue weighted by Crippen LogP contribution is 2.10. The molecule has 0 unspecified atom stereocenters. The summed E-state index contributed by atoms with van der Waals surface area (Å²) in [5.74, 6) is 0. The van der Waals surface area contributed by atoms with Gasteiger partial charge >= 0.3 is 0 Å². The molecule has 0 saturated heterocycles. The first kappa shape index (κ1) is 14.4. The van der Waals surface area contributed by atoms with Gasteiger partial charge in [0, 0.05) is 12.0 Å². The van der Waals surface area contributed by atoms with Crippen molar-refractivity contribution in [1.82, 2.24) is 0 Å². The highest BCUT2D eigenvalue weighted by molar-refractivity contribution is 4.62. The largest absolute Gasteiger partial charge is 0.396 e. The lowest BCUT2D eigenvalue weighted by Crippen LogP contribution is -2.20. The third kappa shape index (κ3) is 12.5. The van der Waals surface area contributed by atoms with Gasteiger partial charge in [0.15, 0.2) is 0 Å². The van der Waals surface area contributed by atoms with Crippen LogP contribution in [0, 0.1) is 5.41 Å². The van der Waals surface area contributed by atoms with Gasteiger partial charge in [-0.15, -0.1) is 0 Å². The van der Waals surface area contributed by atoms with Crippen molar-refractivity contribution in [3.63, 3.8) is 0 Å². The second-order valence-electron chi connectivity index (χ2n) is 3.56. The molecule has 0 radical (unpaired) electrons. The van der Waals surface area contributed by atoms with E-state index in [1.807, 2.05) is 0 Å². The van der Waals surface area contributed by atoms with E-state index < -0.39 is 0 Å². The Morgan fingerprint density at radius 2 is 1.42 bits per heavy atom. The van der Waals surface area contributed by atoms with Crippen molar-refractivity contribution >= 4 is 0 Å². The molecule has 0 aromatic heterocycles. The van der Waals surface area contributed by atoms with Gasteiger partial charge in [0.1, 0.15) is 0 Å². The summed E-state index contributed by atoms with van der Waals surface area (Å²) < 4.78 is 0. The standard InChI is InChI=1S/C5H12O2.C4H10O/c1-5(2,3-6)4-7;1-2-3-4-5/h6-7H,3-4H2,1-2H3;5H,2-4H2,1H3. The zero-order chi connectivity index (χ0) is 10.0. The molecule has 0 aromatic carbocycles. The van der Waals surface area contributed by atoms with Crippen LogP contribution in [0.5, 0.6) is 0 Å². The summed E-state index contributed by atoms with van der Waals surface area (Å²) in [4.78, 5) is 0. The first-order valence-electron chi connectivity index (χ1n) is 4.36. The van der Waals surface area contributed by atoms with Crippen molar-refractivity contribution in [3.05, 3.63) is 0 Å². The molecule has 12 heavy (non-hydrogen) atoms. The molecule has 3 N–H and O–H groups in total. The molecule has 0 aliphatic heterocycles. The second kappa shape index (κ2) is 8.97. The molecule has 0 heterocycles. The minimum absolute atomic E-state index is 0.0451. The number of unbranched alkanes of at least 4 members (excludes halogenated alkanes) is 1. The first-order chi connectivity index (χ1) is 5.54. The van der Waals surface area contributed by atoms with Gasteiger partial charge in [0.2, 0.25) is 0 Å². The van der Waals surface area contributed by atoms with E-state index in [0.717, 1.165) is 12.8 Å². The Bertz CT molecular complexity index is 73.8. The molecule has 0 aliphatic rings. The number of aliphatic hydroxyl groups excluding tert-OH is 3. The van der Waals surface area contributed by atoms with Crippen LogP contribution in [0.15, 0.2) is 0 Å². The maximum Gasteiger partial charge on any atom is 0.0504 e. The molecule has 0 bridgehead atoms. The Kier molecular flexibility index (Phi) is 10.8. The zero-order valence-corrected chi connectivity index (χ0v) is 8.38. The maximum absolute atomic E-state index is 8.43. The van der Waals surface area contributed by atoms with Crippen molar-refractivity contribution in [2.75, 3.05) is 19.8 Å². The minimum Gasteiger partial charge on any atom is -0.396 e. The van der Waals surface area contributed by atoms with Crippen LogP contribution in [0.1, 0.15) is 33.6 Å². The maximum atomic E-state index is 8.43. The monoisotopic (exact) mass is 178 g/mol. The topological polar surface area (TPSA) is 60.7 Å². The van der Waals surface area contributed by atoms with Crippen molar-refractivity contribution in [1.29, 1.82) is 0 Å². The van der Waals surface area contributed by atoms with Gasteiger partial charge < -0.3 is 15.3 Å². The van der Waals surface area contributed by atoms with Crippen LogP contribution >= 0.6 is 0 Å². The van der Waals surface area contributed by atoms with Gasteiger partial charge in [-0.1, -0.05) is 27.2 Å². The Morgan fingerprint density at radius 1 is 1.00 bits per heavy atom. The summed E-state index contributed by atoms with van der Waals surface area (Å²) in [5.41, 5.74) is -0.306. The predicted molar refractivity (Wildman–Crippen MR) is 49.9 cm³/mol. The fourth-order valence-corrected chi connectivity index (χ4v) is 0.208. The van der Waals surface area contributed by atoms with Crippen LogP contribution in [0.4, 0.5) is 0 Å². The minimum atomic E-state index is -0.306. The van der Waals surface area contributed by atoms with Crippen LogP contribution < -0.4 is 0 Å². The molecule has 0 spiro atoms. The molecule has 0 aliphatic carbocycles. The van der Waals surface area contributed by atoms with Gasteiger partial charge in [-0.25, -0.2) is 0 Å². The van der Waals surface area contributed by atoms with Gasteiger partial charge in [0.05, 0.1) is 13.2 Å². The SMILES string of the molecule is CC(C)(CO)CO.CCCCO. The summed E-state index contributed by atoms with van der Waals surface area (Å²) >= 11 is 0. The lowest BCUT2D eigenvalue weighted by Gasteiger charge is -2.16. The molecular weight excluding hydrogens is 156 g/mol. The van der Waals surface area contributed by atoms with Gasteiger partial charge in [-0.05, 0) is 6.42 Å². The van der Waals surface area contributed by atoms with Crippen LogP contribution in [-0.2, 0) is 0 Å². The van der Waals surface area contributed by atoms with Crippen LogP contribution in [-0.4, -0.2) is 35.1 Å². The summed E-state index contributed by atoms with van der Waals surface area (Å²) in [5, 5.41) is 24.9. The highest BCUT2D eigenvalue weighted by Gasteiger charge is 2.13. The highest BCUT2D eigenvalue weighted by atomic mass is 16.3. The number of hydrogen-bond acceptors (Lipinski definition) is 3. The van der Waals surface area contributed by atoms with E-state index >= 15 is 0 Å². The fraction of sp³-hybridized carbons (Fsp3) is 1.00.